The largest absolute Gasteiger partial charge is 0.504 e. The van der Waals surface area contributed by atoms with Gasteiger partial charge in [0.05, 0.1) is 5.41 Å². The summed E-state index contributed by atoms with van der Waals surface area (Å²) < 4.78 is 12.2. The minimum atomic E-state index is -1.32. The number of Topliss-reactive ketones (excluding diaryl/α,β-unsaturated/α-hetero) is 1. The maximum atomic E-state index is 13.7. The first-order chi connectivity index (χ1) is 15.5. The van der Waals surface area contributed by atoms with Crippen LogP contribution in [0.5, 0.6) is 17.2 Å². The number of hydrogen-bond donors (Lipinski definition) is 2. The van der Waals surface area contributed by atoms with Crippen LogP contribution in [0.4, 0.5) is 0 Å². The number of phenolic OH excluding ortho intramolecular Hbond substituents is 1. The molecule has 2 aromatic carbocycles. The third-order valence-electron chi connectivity index (χ3n) is 8.22. The van der Waals surface area contributed by atoms with Crippen LogP contribution in [-0.4, -0.2) is 51.7 Å². The molecule has 2 bridgehead atoms. The summed E-state index contributed by atoms with van der Waals surface area (Å²) in [7, 11) is 0. The molecule has 7 rings (SSSR count). The molecule has 3 aliphatic carbocycles. The molecule has 0 radical (unpaired) electrons. The maximum Gasteiger partial charge on any atom is 0.239 e. The fourth-order valence-electron chi connectivity index (χ4n) is 6.60. The first-order valence-electron chi connectivity index (χ1n) is 11.5. The Morgan fingerprint density at radius 3 is 2.75 bits per heavy atom. The molecular weight excluding hydrogens is 406 g/mol. The fourth-order valence-corrected chi connectivity index (χ4v) is 6.60. The van der Waals surface area contributed by atoms with Gasteiger partial charge in [-0.25, -0.2) is 0 Å². The van der Waals surface area contributed by atoms with Crippen molar-refractivity contribution in [2.75, 3.05) is 13.1 Å². The Morgan fingerprint density at radius 2 is 1.97 bits per heavy atom. The number of ether oxygens (including phenoxy) is 2. The van der Waals surface area contributed by atoms with Crippen molar-refractivity contribution in [1.29, 1.82) is 0 Å². The molecule has 1 saturated carbocycles. The Labute approximate surface area is 186 Å². The van der Waals surface area contributed by atoms with Gasteiger partial charge in [0, 0.05) is 18.2 Å². The summed E-state index contributed by atoms with van der Waals surface area (Å²) >= 11 is 0. The van der Waals surface area contributed by atoms with Gasteiger partial charge in [-0.05, 0) is 68.0 Å². The second-order valence-electron chi connectivity index (χ2n) is 9.94. The lowest BCUT2D eigenvalue weighted by Crippen LogP contribution is -2.76. The van der Waals surface area contributed by atoms with Gasteiger partial charge in [0.2, 0.25) is 5.78 Å². The third kappa shape index (κ3) is 2.24. The Bertz CT molecular complexity index is 1170. The van der Waals surface area contributed by atoms with Gasteiger partial charge in [-0.3, -0.25) is 9.69 Å². The van der Waals surface area contributed by atoms with Crippen molar-refractivity contribution in [3.8, 4) is 17.2 Å². The number of benzene rings is 2. The Kier molecular flexibility index (Phi) is 3.59. The molecule has 5 aliphatic rings. The molecule has 0 aromatic heterocycles. The predicted molar refractivity (Wildman–Crippen MR) is 116 cm³/mol. The second-order valence-corrected chi connectivity index (χ2v) is 9.94. The van der Waals surface area contributed by atoms with Crippen LogP contribution in [-0.2, 0) is 16.6 Å². The monoisotopic (exact) mass is 431 g/mol. The van der Waals surface area contributed by atoms with Crippen LogP contribution in [0.3, 0.4) is 0 Å². The van der Waals surface area contributed by atoms with Crippen LogP contribution in [0.2, 0.25) is 0 Å². The van der Waals surface area contributed by atoms with Crippen molar-refractivity contribution in [2.24, 2.45) is 5.92 Å². The minimum absolute atomic E-state index is 0.0204. The van der Waals surface area contributed by atoms with Crippen LogP contribution in [0.25, 0.3) is 0 Å². The predicted octanol–water partition coefficient (Wildman–Crippen LogP) is 2.71. The van der Waals surface area contributed by atoms with E-state index in [-0.39, 0.29) is 23.3 Å². The van der Waals surface area contributed by atoms with E-state index in [0.717, 1.165) is 24.2 Å². The van der Waals surface area contributed by atoms with Crippen LogP contribution in [0, 0.1) is 5.92 Å². The Balaban J connectivity index is 1.42. The molecule has 164 valence electrons. The van der Waals surface area contributed by atoms with Crippen LogP contribution >= 0.6 is 0 Å². The van der Waals surface area contributed by atoms with Crippen LogP contribution < -0.4 is 9.47 Å². The van der Waals surface area contributed by atoms with Gasteiger partial charge in [0.1, 0.15) is 11.4 Å². The highest BCUT2D eigenvalue weighted by molar-refractivity contribution is 6.02. The lowest BCUT2D eigenvalue weighted by atomic mass is 9.50. The number of carbonyl (C=O) groups is 1. The smallest absolute Gasteiger partial charge is 0.239 e. The molecule has 1 unspecified atom stereocenters. The first kappa shape index (κ1) is 18.7. The van der Waals surface area contributed by atoms with E-state index in [4.69, 9.17) is 9.47 Å². The average molecular weight is 431 g/mol. The van der Waals surface area contributed by atoms with Crippen LogP contribution in [0.15, 0.2) is 54.3 Å². The number of para-hydroxylation sites is 1. The van der Waals surface area contributed by atoms with E-state index in [2.05, 4.69) is 4.90 Å². The van der Waals surface area contributed by atoms with E-state index >= 15 is 0 Å². The number of rotatable bonds is 4. The highest BCUT2D eigenvalue weighted by atomic mass is 16.5. The molecule has 6 nitrogen and oxygen atoms in total. The van der Waals surface area contributed by atoms with Crippen molar-refractivity contribution in [1.82, 2.24) is 4.90 Å². The summed E-state index contributed by atoms with van der Waals surface area (Å²) in [5, 5.41) is 23.0. The molecule has 32 heavy (non-hydrogen) atoms. The van der Waals surface area contributed by atoms with Crippen LogP contribution in [0.1, 0.15) is 30.4 Å². The SMILES string of the molecule is O=C1C(Oc2ccccc2)=C[C@@]2(O)C3Cc4ccc(O)c5c4[C@@]2(CCN3CC2CC2)[C@H]1O5. The normalized spacial score (nSPS) is 34.5. The van der Waals surface area contributed by atoms with Crippen molar-refractivity contribution >= 4 is 5.78 Å². The summed E-state index contributed by atoms with van der Waals surface area (Å²) in [4.78, 5) is 16.1. The topological polar surface area (TPSA) is 79.2 Å². The van der Waals surface area contributed by atoms with E-state index < -0.39 is 17.1 Å². The molecule has 1 spiro atoms. The van der Waals surface area contributed by atoms with Gasteiger partial charge in [0.25, 0.3) is 0 Å². The number of nitrogens with zero attached hydrogens (tertiary/aromatic N) is 1. The number of piperidine rings is 1. The number of aliphatic hydroxyl groups is 1. The highest BCUT2D eigenvalue weighted by Gasteiger charge is 2.73. The third-order valence-corrected chi connectivity index (χ3v) is 8.22. The maximum absolute atomic E-state index is 13.7. The van der Waals surface area contributed by atoms with Crippen molar-refractivity contribution in [2.45, 2.75) is 48.8 Å². The van der Waals surface area contributed by atoms with E-state index in [9.17, 15) is 15.0 Å². The molecule has 1 saturated heterocycles. The van der Waals surface area contributed by atoms with Gasteiger partial charge >= 0.3 is 0 Å². The van der Waals surface area contributed by atoms with Crippen molar-refractivity contribution in [3.63, 3.8) is 0 Å². The summed E-state index contributed by atoms with van der Waals surface area (Å²) in [6.07, 6.45) is 4.47. The molecule has 4 atom stereocenters. The summed E-state index contributed by atoms with van der Waals surface area (Å²) in [5.41, 5.74) is -0.353. The molecule has 2 aliphatic heterocycles. The summed E-state index contributed by atoms with van der Waals surface area (Å²) in [5.74, 6) is 1.44. The zero-order valence-corrected chi connectivity index (χ0v) is 17.7. The van der Waals surface area contributed by atoms with Gasteiger partial charge < -0.3 is 19.7 Å². The molecule has 2 heterocycles. The van der Waals surface area contributed by atoms with E-state index in [0.29, 0.717) is 30.3 Å². The number of phenols is 1. The second kappa shape index (κ2) is 6.15. The first-order valence-corrected chi connectivity index (χ1v) is 11.5. The van der Waals surface area contributed by atoms with Gasteiger partial charge in [-0.15, -0.1) is 0 Å². The molecule has 2 N–H and O–H groups in total. The standard InChI is InChI=1S/C26H25NO5/c28-18-9-8-16-12-20-26(30)13-19(31-17-4-2-1-3-5-17)22(29)24-25(26,21(16)23(18)32-24)10-11-27(20)14-15-6-7-15/h1-5,8-9,13,15,20,24,28,30H,6-7,10-12,14H2/t20?,24-,25-,26+/m0/s1. The minimum Gasteiger partial charge on any atom is -0.504 e. The molecule has 6 heteroatoms. The number of likely N-dealkylation sites (tertiary alicyclic amines) is 1. The average Bonchev–Trinajstić information content (AvgIpc) is 3.52. The number of ketones is 1. The quantitative estimate of drug-likeness (QED) is 0.775. The Hall–Kier alpha value is -2.83. The molecule has 0 amide bonds. The highest BCUT2D eigenvalue weighted by Crippen LogP contribution is 2.64. The van der Waals surface area contributed by atoms with Gasteiger partial charge in [0.15, 0.2) is 23.4 Å². The van der Waals surface area contributed by atoms with E-state index in [1.165, 1.54) is 12.8 Å². The summed E-state index contributed by atoms with van der Waals surface area (Å²) in [6, 6.07) is 12.6. The number of aromatic hydroxyl groups is 1. The van der Waals surface area contributed by atoms with Crippen molar-refractivity contribution in [3.05, 3.63) is 65.4 Å². The lowest BCUT2D eigenvalue weighted by molar-refractivity contribution is -0.159. The zero-order valence-electron chi connectivity index (χ0n) is 17.7. The number of hydrogen-bond acceptors (Lipinski definition) is 6. The van der Waals surface area contributed by atoms with Gasteiger partial charge in [-0.1, -0.05) is 24.3 Å². The zero-order chi connectivity index (χ0) is 21.7. The van der Waals surface area contributed by atoms with Gasteiger partial charge in [-0.2, -0.15) is 0 Å². The number of carbonyl (C=O) groups excluding carboxylic acids is 1. The van der Waals surface area contributed by atoms with Crippen molar-refractivity contribution < 1.29 is 24.5 Å². The van der Waals surface area contributed by atoms with E-state index in [1.807, 2.05) is 24.3 Å². The summed E-state index contributed by atoms with van der Waals surface area (Å²) in [6.45, 7) is 1.76. The molecular formula is C26H25NO5. The molecule has 2 aromatic rings. The van der Waals surface area contributed by atoms with E-state index in [1.54, 1.807) is 24.3 Å². The lowest BCUT2D eigenvalue weighted by Gasteiger charge is -2.61. The Morgan fingerprint density at radius 1 is 1.16 bits per heavy atom. The molecule has 2 fully saturated rings. The fraction of sp³-hybridized carbons (Fsp3) is 0.423.